The number of hydrogen-bond acceptors (Lipinski definition) is 2. The second-order valence-corrected chi connectivity index (χ2v) is 5.95. The van der Waals surface area contributed by atoms with Crippen molar-refractivity contribution < 1.29 is 9.90 Å². The average molecular weight is 245 g/mol. The largest absolute Gasteiger partial charge is 0.478 e. The number of hydrogen-bond donors (Lipinski definition) is 1. The summed E-state index contributed by atoms with van der Waals surface area (Å²) in [7, 11) is 2.18. The first-order valence-corrected chi connectivity index (χ1v) is 6.62. The van der Waals surface area contributed by atoms with Gasteiger partial charge in [0.1, 0.15) is 0 Å². The van der Waals surface area contributed by atoms with Crippen LogP contribution in [0.3, 0.4) is 0 Å². The SMILES string of the molecule is CN1CC[C@@]2(CCc3ccc(C(=O)O)cc3C2)C1. The molecular weight excluding hydrogens is 226 g/mol. The number of rotatable bonds is 1. The summed E-state index contributed by atoms with van der Waals surface area (Å²) in [4.78, 5) is 13.4. The van der Waals surface area contributed by atoms with Gasteiger partial charge < -0.3 is 10.0 Å². The van der Waals surface area contributed by atoms with Crippen molar-refractivity contribution in [2.75, 3.05) is 20.1 Å². The van der Waals surface area contributed by atoms with Crippen LogP contribution < -0.4 is 0 Å². The zero-order valence-electron chi connectivity index (χ0n) is 10.8. The van der Waals surface area contributed by atoms with Crippen LogP contribution >= 0.6 is 0 Å². The molecule has 0 radical (unpaired) electrons. The summed E-state index contributed by atoms with van der Waals surface area (Å²) in [5, 5.41) is 9.08. The fourth-order valence-corrected chi connectivity index (χ4v) is 3.57. The average Bonchev–Trinajstić information content (AvgIpc) is 2.69. The maximum atomic E-state index is 11.0. The van der Waals surface area contributed by atoms with Gasteiger partial charge in [-0.1, -0.05) is 6.07 Å². The minimum absolute atomic E-state index is 0.402. The summed E-state index contributed by atoms with van der Waals surface area (Å²) in [5.74, 6) is -0.819. The first-order chi connectivity index (χ1) is 8.58. The molecule has 2 aliphatic rings. The molecule has 1 aromatic rings. The Morgan fingerprint density at radius 2 is 2.17 bits per heavy atom. The molecule has 3 heteroatoms. The fourth-order valence-electron chi connectivity index (χ4n) is 3.57. The lowest BCUT2D eigenvalue weighted by Crippen LogP contribution is -2.31. The standard InChI is InChI=1S/C15H19NO2/c1-16-7-6-15(10-16)5-4-11-2-3-12(14(17)18)8-13(11)9-15/h2-3,8H,4-7,9-10H2,1H3,(H,17,18)/t15-/m1/s1. The molecular formula is C15H19NO2. The number of aryl methyl sites for hydroxylation is 1. The van der Waals surface area contributed by atoms with E-state index in [2.05, 4.69) is 11.9 Å². The number of carboxylic acid groups (broad SMARTS) is 1. The Morgan fingerprint density at radius 1 is 1.33 bits per heavy atom. The molecule has 1 fully saturated rings. The highest BCUT2D eigenvalue weighted by Gasteiger charge is 2.39. The lowest BCUT2D eigenvalue weighted by Gasteiger charge is -2.34. The van der Waals surface area contributed by atoms with Crippen LogP contribution in [0.2, 0.25) is 0 Å². The normalized spacial score (nSPS) is 27.4. The van der Waals surface area contributed by atoms with Gasteiger partial charge in [0, 0.05) is 6.54 Å². The van der Waals surface area contributed by atoms with Crippen LogP contribution in [-0.2, 0) is 12.8 Å². The van der Waals surface area contributed by atoms with Gasteiger partial charge in [-0.25, -0.2) is 4.79 Å². The van der Waals surface area contributed by atoms with Gasteiger partial charge in [0.15, 0.2) is 0 Å². The lowest BCUT2D eigenvalue weighted by molar-refractivity contribution is 0.0696. The van der Waals surface area contributed by atoms with Gasteiger partial charge in [-0.05, 0) is 68.0 Å². The Hall–Kier alpha value is -1.35. The van der Waals surface area contributed by atoms with E-state index in [4.69, 9.17) is 5.11 Å². The Labute approximate surface area is 107 Å². The maximum Gasteiger partial charge on any atom is 0.335 e. The molecule has 1 heterocycles. The number of fused-ring (bicyclic) bond motifs is 1. The first kappa shape index (κ1) is 11.7. The molecule has 0 unspecified atom stereocenters. The van der Waals surface area contributed by atoms with Crippen LogP contribution in [0.5, 0.6) is 0 Å². The number of carboxylic acids is 1. The molecule has 1 N–H and O–H groups in total. The van der Waals surface area contributed by atoms with E-state index in [-0.39, 0.29) is 0 Å². The molecule has 1 saturated heterocycles. The van der Waals surface area contributed by atoms with Crippen LogP contribution in [0.15, 0.2) is 18.2 Å². The first-order valence-electron chi connectivity index (χ1n) is 6.62. The lowest BCUT2D eigenvalue weighted by atomic mass is 9.71. The van der Waals surface area contributed by atoms with E-state index in [1.54, 1.807) is 6.07 Å². The molecule has 1 atom stereocenters. The van der Waals surface area contributed by atoms with Crippen LogP contribution in [-0.4, -0.2) is 36.1 Å². The monoisotopic (exact) mass is 245 g/mol. The molecule has 1 aliphatic carbocycles. The third-order valence-electron chi connectivity index (χ3n) is 4.57. The van der Waals surface area contributed by atoms with Crippen molar-refractivity contribution in [3.8, 4) is 0 Å². The quantitative estimate of drug-likeness (QED) is 0.824. The van der Waals surface area contributed by atoms with Gasteiger partial charge in [0.25, 0.3) is 0 Å². The van der Waals surface area contributed by atoms with Gasteiger partial charge in [0.2, 0.25) is 0 Å². The molecule has 0 amide bonds. The van der Waals surface area contributed by atoms with Crippen molar-refractivity contribution in [2.45, 2.75) is 25.7 Å². The Bertz CT molecular complexity index is 497. The van der Waals surface area contributed by atoms with Crippen molar-refractivity contribution in [3.63, 3.8) is 0 Å². The third kappa shape index (κ3) is 1.93. The minimum atomic E-state index is -0.819. The van der Waals surface area contributed by atoms with Gasteiger partial charge >= 0.3 is 5.97 Å². The molecule has 3 rings (SSSR count). The number of nitrogens with zero attached hydrogens (tertiary/aromatic N) is 1. The second-order valence-electron chi connectivity index (χ2n) is 5.95. The topological polar surface area (TPSA) is 40.5 Å². The molecule has 0 bridgehead atoms. The summed E-state index contributed by atoms with van der Waals surface area (Å²) in [6.45, 7) is 2.33. The number of likely N-dealkylation sites (tertiary alicyclic amines) is 1. The van der Waals surface area contributed by atoms with Gasteiger partial charge in [0.05, 0.1) is 5.56 Å². The number of aromatic carboxylic acids is 1. The highest BCUT2D eigenvalue weighted by Crippen LogP contribution is 2.42. The zero-order valence-corrected chi connectivity index (χ0v) is 10.8. The van der Waals surface area contributed by atoms with Gasteiger partial charge in [-0.2, -0.15) is 0 Å². The molecule has 18 heavy (non-hydrogen) atoms. The van der Waals surface area contributed by atoms with Crippen molar-refractivity contribution in [2.24, 2.45) is 5.41 Å². The maximum absolute atomic E-state index is 11.0. The van der Waals surface area contributed by atoms with Crippen LogP contribution in [0.25, 0.3) is 0 Å². The summed E-state index contributed by atoms with van der Waals surface area (Å²) in [6.07, 6.45) is 4.65. The van der Waals surface area contributed by atoms with Gasteiger partial charge in [-0.3, -0.25) is 0 Å². The molecule has 96 valence electrons. The van der Waals surface area contributed by atoms with Crippen LogP contribution in [0, 0.1) is 5.41 Å². The molecule has 1 aliphatic heterocycles. The Balaban J connectivity index is 1.91. The summed E-state index contributed by atoms with van der Waals surface area (Å²) >= 11 is 0. The van der Waals surface area contributed by atoms with E-state index in [1.165, 1.54) is 30.5 Å². The minimum Gasteiger partial charge on any atom is -0.478 e. The van der Waals surface area contributed by atoms with E-state index < -0.39 is 5.97 Å². The van der Waals surface area contributed by atoms with Crippen molar-refractivity contribution in [3.05, 3.63) is 34.9 Å². The molecule has 1 aromatic carbocycles. The van der Waals surface area contributed by atoms with E-state index in [0.717, 1.165) is 19.4 Å². The van der Waals surface area contributed by atoms with E-state index >= 15 is 0 Å². The number of benzene rings is 1. The fraction of sp³-hybridized carbons (Fsp3) is 0.533. The van der Waals surface area contributed by atoms with Gasteiger partial charge in [-0.15, -0.1) is 0 Å². The molecule has 0 saturated carbocycles. The van der Waals surface area contributed by atoms with E-state index in [1.807, 2.05) is 12.1 Å². The Morgan fingerprint density at radius 3 is 2.83 bits per heavy atom. The molecule has 0 aromatic heterocycles. The van der Waals surface area contributed by atoms with Crippen LogP contribution in [0.4, 0.5) is 0 Å². The summed E-state index contributed by atoms with van der Waals surface area (Å²) < 4.78 is 0. The summed E-state index contributed by atoms with van der Waals surface area (Å²) in [5.41, 5.74) is 3.44. The zero-order chi connectivity index (χ0) is 12.8. The predicted molar refractivity (Wildman–Crippen MR) is 70.0 cm³/mol. The van der Waals surface area contributed by atoms with E-state index in [0.29, 0.717) is 11.0 Å². The van der Waals surface area contributed by atoms with Crippen molar-refractivity contribution in [1.29, 1.82) is 0 Å². The smallest absolute Gasteiger partial charge is 0.335 e. The predicted octanol–water partition coefficient (Wildman–Crippen LogP) is 2.20. The second kappa shape index (κ2) is 4.09. The van der Waals surface area contributed by atoms with Crippen molar-refractivity contribution in [1.82, 2.24) is 4.90 Å². The third-order valence-corrected chi connectivity index (χ3v) is 4.57. The number of carbonyl (C=O) groups is 1. The molecule has 1 spiro atoms. The highest BCUT2D eigenvalue weighted by molar-refractivity contribution is 5.87. The van der Waals surface area contributed by atoms with E-state index in [9.17, 15) is 4.79 Å². The van der Waals surface area contributed by atoms with Crippen LogP contribution in [0.1, 0.15) is 34.3 Å². The Kier molecular flexibility index (Phi) is 2.67. The van der Waals surface area contributed by atoms with Crippen molar-refractivity contribution >= 4 is 5.97 Å². The molecule has 3 nitrogen and oxygen atoms in total. The highest BCUT2D eigenvalue weighted by atomic mass is 16.4. The summed E-state index contributed by atoms with van der Waals surface area (Å²) in [6, 6.07) is 5.63.